The van der Waals surface area contributed by atoms with Gasteiger partial charge in [-0.15, -0.1) is 0 Å². The number of phenolic OH excluding ortho intramolecular Hbond substituents is 2. The van der Waals surface area contributed by atoms with Crippen LogP contribution in [0.4, 0.5) is 5.69 Å². The topological polar surface area (TPSA) is 128 Å². The molecule has 3 aliphatic heterocycles. The Morgan fingerprint density at radius 1 is 0.780 bits per heavy atom. The van der Waals surface area contributed by atoms with Crippen molar-refractivity contribution in [2.24, 2.45) is 34.1 Å². The van der Waals surface area contributed by atoms with Crippen molar-refractivity contribution in [2.75, 3.05) is 7.05 Å². The molecule has 59 heavy (non-hydrogen) atoms. The molecule has 2 aromatic heterocycles. The minimum Gasteiger partial charge on any atom is -0.504 e. The van der Waals surface area contributed by atoms with Crippen molar-refractivity contribution in [3.63, 3.8) is 0 Å². The molecule has 6 aliphatic rings. The summed E-state index contributed by atoms with van der Waals surface area (Å²) in [5.41, 5.74) is 4.38. The van der Waals surface area contributed by atoms with Gasteiger partial charge in [-0.2, -0.15) is 0 Å². The summed E-state index contributed by atoms with van der Waals surface area (Å²) >= 11 is 0. The van der Waals surface area contributed by atoms with Gasteiger partial charge in [0.15, 0.2) is 23.0 Å². The van der Waals surface area contributed by atoms with E-state index in [1.807, 2.05) is 85.1 Å². The van der Waals surface area contributed by atoms with Crippen LogP contribution in [-0.4, -0.2) is 61.0 Å². The first-order valence-corrected chi connectivity index (χ1v) is 21.0. The maximum atomic E-state index is 11.5. The number of allylic oxidation sites excluding steroid dienone is 3. The van der Waals surface area contributed by atoms with E-state index in [0.29, 0.717) is 17.5 Å². The van der Waals surface area contributed by atoms with Gasteiger partial charge in [0.25, 0.3) is 0 Å². The van der Waals surface area contributed by atoms with E-state index in [4.69, 9.17) is 9.73 Å². The van der Waals surface area contributed by atoms with Crippen molar-refractivity contribution in [1.29, 1.82) is 0 Å². The van der Waals surface area contributed by atoms with Gasteiger partial charge in [-0.3, -0.25) is 24.7 Å². The Morgan fingerprint density at radius 3 is 1.95 bits per heavy atom. The first-order chi connectivity index (χ1) is 27.1. The van der Waals surface area contributed by atoms with Gasteiger partial charge in [-0.1, -0.05) is 81.4 Å². The zero-order valence-electron chi connectivity index (χ0n) is 36.6. The van der Waals surface area contributed by atoms with E-state index < -0.39 is 5.72 Å². The van der Waals surface area contributed by atoms with Crippen LogP contribution < -0.4 is 4.74 Å². The number of ketones is 1. The van der Waals surface area contributed by atoms with Crippen LogP contribution in [0.5, 0.6) is 17.2 Å². The number of ether oxygens (including phenoxy) is 1. The van der Waals surface area contributed by atoms with Crippen LogP contribution in [0.3, 0.4) is 0 Å². The number of hydrogen-bond donors (Lipinski definition) is 3. The number of Topliss-reactive ketones (excluding diaryl/α,β-unsaturated/α-hetero) is 1. The summed E-state index contributed by atoms with van der Waals surface area (Å²) in [6.07, 6.45) is 15.8. The number of carbonyl (C=O) groups excluding carboxylic acids is 1. The number of aliphatic imine (C=N–C) groups is 1. The molecule has 3 aliphatic carbocycles. The summed E-state index contributed by atoms with van der Waals surface area (Å²) in [4.78, 5) is 28.4. The van der Waals surface area contributed by atoms with E-state index in [0.717, 1.165) is 56.2 Å². The number of phenols is 2. The monoisotopic (exact) mass is 845 g/mol. The zero-order valence-corrected chi connectivity index (χ0v) is 37.6. The summed E-state index contributed by atoms with van der Waals surface area (Å²) < 4.78 is 7.07. The van der Waals surface area contributed by atoms with Gasteiger partial charge in [0.2, 0.25) is 11.5 Å². The molecule has 10 rings (SSSR count). The van der Waals surface area contributed by atoms with Gasteiger partial charge in [-0.05, 0) is 115 Å². The van der Waals surface area contributed by atoms with Gasteiger partial charge < -0.3 is 20.1 Å². The fraction of sp³-hybridized carbons (Fsp3) is 0.510. The smallest absolute Gasteiger partial charge is 0.223 e. The van der Waals surface area contributed by atoms with Crippen LogP contribution in [0, 0.1) is 29.1 Å². The number of aliphatic hydroxyl groups is 1. The third-order valence-electron chi connectivity index (χ3n) is 12.9. The SMILES string of the molecule is CC(C)(C)c1cc(O)c(O)c(C(C)(C)C)c1.CC1C=C(O)C(=O)C(C(C)(C)C)=C1.CN1C2CC3CC(C2)CC(C3)C12C=Nc1c(c3cccnc3c3ncccc13)O2.[Co]. The first kappa shape index (κ1) is 44.3. The van der Waals surface area contributed by atoms with Gasteiger partial charge in [0.05, 0.1) is 11.7 Å². The standard InChI is InChI=1S/C24H24N4O.C14H22O2.C11H16O2.Co/c1-28-17-11-14-8-15(12-17)10-16(9-14)24(28)13-27-22-18-4-2-6-25-20(18)21-19(23(22)29-24)5-3-7-26-21;1-13(2,3)9-7-10(14(4,5)6)12(16)11(15)8-9;1-7-5-8(11(2,3)4)10(13)9(12)6-7;/h2-7,13-17H,8-12H2,1H3;7-8,15-16H,1-6H3;5-7,12H,1-4H3;. The van der Waals surface area contributed by atoms with E-state index >= 15 is 0 Å². The first-order valence-electron chi connectivity index (χ1n) is 21.0. The molecule has 317 valence electrons. The molecule has 1 spiro atoms. The second kappa shape index (κ2) is 16.0. The number of fused-ring (bicyclic) bond motifs is 6. The summed E-state index contributed by atoms with van der Waals surface area (Å²) in [6, 6.07) is 12.3. The Balaban J connectivity index is 0.000000167. The van der Waals surface area contributed by atoms with Crippen molar-refractivity contribution in [3.8, 4) is 17.2 Å². The zero-order chi connectivity index (χ0) is 42.1. The molecule has 4 aromatic rings. The third-order valence-corrected chi connectivity index (χ3v) is 12.9. The fourth-order valence-electron chi connectivity index (χ4n) is 9.85. The summed E-state index contributed by atoms with van der Waals surface area (Å²) in [6.45, 7) is 20.2. The second-order valence-electron chi connectivity index (χ2n) is 20.4. The van der Waals surface area contributed by atoms with Gasteiger partial charge in [0, 0.05) is 63.0 Å². The van der Waals surface area contributed by atoms with Crippen LogP contribution in [-0.2, 0) is 32.4 Å². The Kier molecular flexibility index (Phi) is 12.0. The number of pyridine rings is 2. The number of aliphatic hydroxyl groups excluding tert-OH is 1. The Bertz CT molecular complexity index is 2330. The average Bonchev–Trinajstić information content (AvgIpc) is 3.26. The number of aromatic nitrogens is 2. The van der Waals surface area contributed by atoms with E-state index in [1.165, 1.54) is 32.1 Å². The number of carbonyl (C=O) groups is 1. The number of rotatable bonds is 0. The fourth-order valence-corrected chi connectivity index (χ4v) is 9.85. The van der Waals surface area contributed by atoms with E-state index in [9.17, 15) is 20.1 Å². The van der Waals surface area contributed by atoms with Crippen molar-refractivity contribution in [2.45, 2.75) is 124 Å². The molecule has 4 atom stereocenters. The van der Waals surface area contributed by atoms with Gasteiger partial charge >= 0.3 is 0 Å². The summed E-state index contributed by atoms with van der Waals surface area (Å²) in [5.74, 6) is 2.84. The van der Waals surface area contributed by atoms with Crippen molar-refractivity contribution in [3.05, 3.63) is 83.4 Å². The van der Waals surface area contributed by atoms with Crippen LogP contribution in [0.2, 0.25) is 0 Å². The normalized spacial score (nSPS) is 26.1. The van der Waals surface area contributed by atoms with Crippen molar-refractivity contribution < 1.29 is 41.6 Å². The molecule has 4 unspecified atom stereocenters. The minimum absolute atomic E-state index is 0. The predicted octanol–water partition coefficient (Wildman–Crippen LogP) is 11.0. The number of benzene rings is 2. The summed E-state index contributed by atoms with van der Waals surface area (Å²) in [5, 5.41) is 31.0. The predicted molar refractivity (Wildman–Crippen MR) is 233 cm³/mol. The Morgan fingerprint density at radius 2 is 1.37 bits per heavy atom. The molecular weight excluding hydrogens is 783 g/mol. The molecular formula is C49H62CoN4O5. The Hall–Kier alpha value is -4.25. The molecule has 2 aromatic carbocycles. The molecule has 4 fully saturated rings. The minimum atomic E-state index is -0.444. The second-order valence-corrected chi connectivity index (χ2v) is 20.4. The van der Waals surface area contributed by atoms with Gasteiger partial charge in [-0.25, -0.2) is 0 Å². The maximum Gasteiger partial charge on any atom is 0.223 e. The van der Waals surface area contributed by atoms with Gasteiger partial charge in [0.1, 0.15) is 11.2 Å². The van der Waals surface area contributed by atoms with E-state index in [-0.39, 0.29) is 62.0 Å². The molecule has 2 saturated carbocycles. The quantitative estimate of drug-likeness (QED) is 0.118. The van der Waals surface area contributed by atoms with Crippen LogP contribution in [0.1, 0.15) is 112 Å². The molecule has 10 heteroatoms. The molecule has 0 amide bonds. The van der Waals surface area contributed by atoms with Crippen molar-refractivity contribution >= 4 is 39.5 Å². The van der Waals surface area contributed by atoms with E-state index in [2.05, 4.69) is 61.0 Å². The molecule has 2 saturated heterocycles. The van der Waals surface area contributed by atoms with E-state index in [1.54, 1.807) is 12.1 Å². The number of nitrogens with zero attached hydrogens (tertiary/aromatic N) is 4. The van der Waals surface area contributed by atoms with Crippen LogP contribution >= 0.6 is 0 Å². The molecule has 4 bridgehead atoms. The largest absolute Gasteiger partial charge is 0.504 e. The molecule has 1 radical (unpaired) electrons. The van der Waals surface area contributed by atoms with Crippen LogP contribution in [0.15, 0.2) is 77.3 Å². The number of aromatic hydroxyl groups is 2. The molecule has 5 heterocycles. The molecule has 3 N–H and O–H groups in total. The third kappa shape index (κ3) is 8.42. The Labute approximate surface area is 360 Å². The summed E-state index contributed by atoms with van der Waals surface area (Å²) in [7, 11) is 2.26. The maximum absolute atomic E-state index is 11.5. The number of hydrogen-bond acceptors (Lipinski definition) is 9. The van der Waals surface area contributed by atoms with Crippen LogP contribution in [0.25, 0.3) is 21.8 Å². The van der Waals surface area contributed by atoms with Crippen molar-refractivity contribution in [1.82, 2.24) is 14.9 Å². The average molecular weight is 846 g/mol. The molecule has 9 nitrogen and oxygen atoms in total.